The first-order chi connectivity index (χ1) is 7.54. The molecule has 6 nitrogen and oxygen atoms in total. The lowest BCUT2D eigenvalue weighted by Gasteiger charge is -2.05. The Balaban J connectivity index is 2.87. The maximum atomic E-state index is 11.2. The molecular weight excluding hydrogens is 212 g/mol. The molecule has 0 aliphatic carbocycles. The van der Waals surface area contributed by atoms with Crippen LogP contribution in [-0.2, 0) is 9.53 Å². The van der Waals surface area contributed by atoms with Gasteiger partial charge in [0.25, 0.3) is 5.69 Å². The molecule has 0 aliphatic heterocycles. The summed E-state index contributed by atoms with van der Waals surface area (Å²) in [6.45, 7) is 1.56. The fourth-order valence-corrected chi connectivity index (χ4v) is 1.21. The Labute approximate surface area is 92.4 Å². The van der Waals surface area contributed by atoms with Crippen LogP contribution in [0.5, 0.6) is 0 Å². The van der Waals surface area contributed by atoms with E-state index >= 15 is 0 Å². The van der Waals surface area contributed by atoms with E-state index in [0.717, 1.165) is 0 Å². The van der Waals surface area contributed by atoms with Gasteiger partial charge < -0.3 is 10.1 Å². The predicted molar refractivity (Wildman–Crippen MR) is 58.3 cm³/mol. The largest absolute Gasteiger partial charge is 0.375 e. The van der Waals surface area contributed by atoms with Crippen molar-refractivity contribution in [3.8, 4) is 0 Å². The molecule has 0 aromatic heterocycles. The molecular formula is C10H12N2O4. The lowest BCUT2D eigenvalue weighted by molar-refractivity contribution is -0.385. The molecule has 0 atom stereocenters. The fraction of sp³-hybridized carbons (Fsp3) is 0.300. The van der Waals surface area contributed by atoms with Gasteiger partial charge in [-0.3, -0.25) is 14.9 Å². The average Bonchev–Trinajstić information content (AvgIpc) is 2.21. The molecule has 0 spiro atoms. The summed E-state index contributed by atoms with van der Waals surface area (Å²) in [5.41, 5.74) is 0.921. The minimum Gasteiger partial charge on any atom is -0.375 e. The smallest absolute Gasteiger partial charge is 0.274 e. The zero-order valence-electron chi connectivity index (χ0n) is 9.02. The minimum absolute atomic E-state index is 0.0183. The van der Waals surface area contributed by atoms with Crippen molar-refractivity contribution in [3.63, 3.8) is 0 Å². The number of anilines is 1. The molecule has 0 bridgehead atoms. The Kier molecular flexibility index (Phi) is 3.96. The average molecular weight is 224 g/mol. The Morgan fingerprint density at radius 1 is 1.56 bits per heavy atom. The first-order valence-corrected chi connectivity index (χ1v) is 4.58. The normalized spacial score (nSPS) is 9.88. The molecule has 1 aromatic rings. The maximum absolute atomic E-state index is 11.2. The molecule has 0 saturated carbocycles. The number of benzene rings is 1. The molecule has 1 rings (SSSR count). The molecule has 6 heteroatoms. The second-order valence-corrected chi connectivity index (χ2v) is 3.24. The van der Waals surface area contributed by atoms with Crippen molar-refractivity contribution >= 4 is 17.3 Å². The van der Waals surface area contributed by atoms with Crippen LogP contribution < -0.4 is 5.32 Å². The summed E-state index contributed by atoms with van der Waals surface area (Å²) in [6, 6.07) is 4.51. The van der Waals surface area contributed by atoms with Crippen LogP contribution in [0, 0.1) is 17.0 Å². The van der Waals surface area contributed by atoms with Crippen LogP contribution in [0.4, 0.5) is 11.4 Å². The van der Waals surface area contributed by atoms with Crippen LogP contribution in [-0.4, -0.2) is 24.5 Å². The highest BCUT2D eigenvalue weighted by Crippen LogP contribution is 2.22. The van der Waals surface area contributed by atoms with Crippen molar-refractivity contribution in [2.24, 2.45) is 0 Å². The summed E-state index contributed by atoms with van der Waals surface area (Å²) >= 11 is 0. The first-order valence-electron chi connectivity index (χ1n) is 4.58. The van der Waals surface area contributed by atoms with Crippen LogP contribution >= 0.6 is 0 Å². The van der Waals surface area contributed by atoms with Gasteiger partial charge in [-0.2, -0.15) is 0 Å². The quantitative estimate of drug-likeness (QED) is 0.620. The van der Waals surface area contributed by atoms with Gasteiger partial charge in [-0.1, -0.05) is 6.07 Å². The molecule has 0 saturated heterocycles. The number of nitrogens with zero attached hydrogens (tertiary/aromatic N) is 1. The van der Waals surface area contributed by atoms with E-state index < -0.39 is 4.92 Å². The van der Waals surface area contributed by atoms with Gasteiger partial charge in [0, 0.05) is 24.4 Å². The van der Waals surface area contributed by atoms with Gasteiger partial charge in [-0.25, -0.2) is 0 Å². The number of carbonyl (C=O) groups excluding carboxylic acids is 1. The number of methoxy groups -OCH3 is 1. The summed E-state index contributed by atoms with van der Waals surface area (Å²) in [5, 5.41) is 13.2. The van der Waals surface area contributed by atoms with Gasteiger partial charge in [-0.05, 0) is 13.0 Å². The van der Waals surface area contributed by atoms with E-state index in [1.165, 1.54) is 13.2 Å². The lowest BCUT2D eigenvalue weighted by Crippen LogP contribution is -2.17. The highest BCUT2D eigenvalue weighted by atomic mass is 16.6. The molecule has 86 valence electrons. The fourth-order valence-electron chi connectivity index (χ4n) is 1.21. The van der Waals surface area contributed by atoms with Crippen molar-refractivity contribution in [1.29, 1.82) is 0 Å². The van der Waals surface area contributed by atoms with Gasteiger partial charge in [0.1, 0.15) is 6.61 Å². The number of carbonyl (C=O) groups is 1. The van der Waals surface area contributed by atoms with Gasteiger partial charge in [-0.15, -0.1) is 0 Å². The zero-order chi connectivity index (χ0) is 12.1. The van der Waals surface area contributed by atoms with E-state index in [4.69, 9.17) is 0 Å². The molecule has 1 aromatic carbocycles. The van der Waals surface area contributed by atoms with E-state index in [9.17, 15) is 14.9 Å². The summed E-state index contributed by atoms with van der Waals surface area (Å²) in [6.07, 6.45) is 0. The van der Waals surface area contributed by atoms with Crippen molar-refractivity contribution in [3.05, 3.63) is 33.9 Å². The number of hydrogen-bond donors (Lipinski definition) is 1. The molecule has 1 amide bonds. The first kappa shape index (κ1) is 12.1. The van der Waals surface area contributed by atoms with Gasteiger partial charge in [0.2, 0.25) is 5.91 Å². The Hall–Kier alpha value is -1.95. The number of nitro groups is 1. The summed E-state index contributed by atoms with van der Waals surface area (Å²) in [4.78, 5) is 21.3. The summed E-state index contributed by atoms with van der Waals surface area (Å²) in [7, 11) is 1.40. The predicted octanol–water partition coefficient (Wildman–Crippen LogP) is 1.49. The number of rotatable bonds is 4. The van der Waals surface area contributed by atoms with Crippen molar-refractivity contribution < 1.29 is 14.5 Å². The number of ether oxygens (including phenoxy) is 1. The third-order valence-electron chi connectivity index (χ3n) is 1.97. The van der Waals surface area contributed by atoms with Crippen LogP contribution in [0.2, 0.25) is 0 Å². The Bertz CT molecular complexity index is 417. The summed E-state index contributed by atoms with van der Waals surface area (Å²) < 4.78 is 4.63. The monoisotopic (exact) mass is 224 g/mol. The van der Waals surface area contributed by atoms with Crippen molar-refractivity contribution in [1.82, 2.24) is 0 Å². The van der Waals surface area contributed by atoms with E-state index in [2.05, 4.69) is 10.1 Å². The van der Waals surface area contributed by atoms with Crippen LogP contribution in [0.3, 0.4) is 0 Å². The minimum atomic E-state index is -0.485. The molecule has 1 N–H and O–H groups in total. The maximum Gasteiger partial charge on any atom is 0.274 e. The van der Waals surface area contributed by atoms with Gasteiger partial charge in [0.15, 0.2) is 0 Å². The SMILES string of the molecule is COCC(=O)Nc1ccc(C)c([N+](=O)[O-])c1. The van der Waals surface area contributed by atoms with Crippen LogP contribution in [0.1, 0.15) is 5.56 Å². The summed E-state index contributed by atoms with van der Waals surface area (Å²) in [5.74, 6) is -0.347. The highest BCUT2D eigenvalue weighted by Gasteiger charge is 2.11. The van der Waals surface area contributed by atoms with Crippen molar-refractivity contribution in [2.75, 3.05) is 19.0 Å². The highest BCUT2D eigenvalue weighted by molar-refractivity contribution is 5.92. The number of aryl methyl sites for hydroxylation is 1. The third kappa shape index (κ3) is 3.03. The van der Waals surface area contributed by atoms with Crippen LogP contribution in [0.15, 0.2) is 18.2 Å². The topological polar surface area (TPSA) is 81.5 Å². The van der Waals surface area contributed by atoms with E-state index in [1.807, 2.05) is 0 Å². The molecule has 0 unspecified atom stereocenters. The molecule has 0 fully saturated rings. The molecule has 0 heterocycles. The van der Waals surface area contributed by atoms with E-state index in [1.54, 1.807) is 19.1 Å². The number of amides is 1. The standard InChI is InChI=1S/C10H12N2O4/c1-7-3-4-8(5-9(7)12(14)15)11-10(13)6-16-2/h3-5H,6H2,1-2H3,(H,11,13). The van der Waals surface area contributed by atoms with Gasteiger partial charge >= 0.3 is 0 Å². The molecule has 0 aliphatic rings. The Morgan fingerprint density at radius 3 is 2.81 bits per heavy atom. The van der Waals surface area contributed by atoms with E-state index in [-0.39, 0.29) is 18.2 Å². The number of hydrogen-bond acceptors (Lipinski definition) is 4. The van der Waals surface area contributed by atoms with Gasteiger partial charge in [0.05, 0.1) is 4.92 Å². The lowest BCUT2D eigenvalue weighted by atomic mass is 10.2. The number of nitro benzene ring substituents is 1. The Morgan fingerprint density at radius 2 is 2.25 bits per heavy atom. The zero-order valence-corrected chi connectivity index (χ0v) is 9.02. The number of nitrogens with one attached hydrogen (secondary N) is 1. The van der Waals surface area contributed by atoms with E-state index in [0.29, 0.717) is 11.3 Å². The third-order valence-corrected chi connectivity index (χ3v) is 1.97. The molecule has 16 heavy (non-hydrogen) atoms. The second kappa shape index (κ2) is 5.22. The second-order valence-electron chi connectivity index (χ2n) is 3.24. The molecule has 0 radical (unpaired) electrons. The van der Waals surface area contributed by atoms with Crippen molar-refractivity contribution in [2.45, 2.75) is 6.92 Å². The van der Waals surface area contributed by atoms with Crippen LogP contribution in [0.25, 0.3) is 0 Å².